The molecule has 1 N–H and O–H groups in total. The minimum absolute atomic E-state index is 0.340. The highest BCUT2D eigenvalue weighted by Gasteiger charge is 2.42. The average Bonchev–Trinajstić information content (AvgIpc) is 2.93. The van der Waals surface area contributed by atoms with Crippen LogP contribution in [0.4, 0.5) is 0 Å². The first-order valence-corrected chi connectivity index (χ1v) is 6.24. The highest BCUT2D eigenvalue weighted by atomic mass is 35.5. The Bertz CT molecular complexity index is 408. The van der Waals surface area contributed by atoms with Crippen LogP contribution in [0, 0.1) is 0 Å². The topological polar surface area (TPSA) is 29.5 Å². The molecule has 16 heavy (non-hydrogen) atoms. The summed E-state index contributed by atoms with van der Waals surface area (Å²) in [5.41, 5.74) is 0.303. The van der Waals surface area contributed by atoms with Crippen molar-refractivity contribution >= 4 is 11.6 Å². The Morgan fingerprint density at radius 1 is 1.31 bits per heavy atom. The summed E-state index contributed by atoms with van der Waals surface area (Å²) in [5, 5.41) is 10.6. The van der Waals surface area contributed by atoms with Gasteiger partial charge in [-0.2, -0.15) is 0 Å². The molecular weight excluding hydrogens is 224 g/mol. The summed E-state index contributed by atoms with van der Waals surface area (Å²) < 4.78 is 5.76. The van der Waals surface area contributed by atoms with Crippen molar-refractivity contribution in [3.8, 4) is 5.75 Å². The average molecular weight is 239 g/mol. The van der Waals surface area contributed by atoms with Crippen molar-refractivity contribution in [2.75, 3.05) is 0 Å². The molecule has 86 valence electrons. The van der Waals surface area contributed by atoms with Gasteiger partial charge in [0.2, 0.25) is 0 Å². The first-order chi connectivity index (χ1) is 7.67. The van der Waals surface area contributed by atoms with Gasteiger partial charge in [0.05, 0.1) is 16.7 Å². The van der Waals surface area contributed by atoms with Gasteiger partial charge in [0.25, 0.3) is 0 Å². The van der Waals surface area contributed by atoms with Crippen molar-refractivity contribution in [1.82, 2.24) is 0 Å². The molecule has 2 fully saturated rings. The third-order valence-electron chi connectivity index (χ3n) is 3.54. The number of rotatable bonds is 3. The number of hydrogen-bond donors (Lipinski definition) is 1. The molecule has 0 bridgehead atoms. The number of aliphatic hydroxyl groups is 1. The molecule has 0 saturated heterocycles. The molecule has 1 aromatic rings. The minimum Gasteiger partial charge on any atom is -0.489 e. The molecule has 2 nitrogen and oxygen atoms in total. The molecule has 2 saturated carbocycles. The van der Waals surface area contributed by atoms with Crippen molar-refractivity contribution < 1.29 is 9.84 Å². The Balaban J connectivity index is 1.79. The fourth-order valence-corrected chi connectivity index (χ4v) is 2.19. The fraction of sp³-hybridized carbons (Fsp3) is 0.538. The maximum Gasteiger partial charge on any atom is 0.138 e. The smallest absolute Gasteiger partial charge is 0.138 e. The zero-order valence-electron chi connectivity index (χ0n) is 9.08. The van der Waals surface area contributed by atoms with Gasteiger partial charge < -0.3 is 9.84 Å². The van der Waals surface area contributed by atoms with Gasteiger partial charge in [-0.25, -0.2) is 0 Å². The molecule has 3 heteroatoms. The van der Waals surface area contributed by atoms with E-state index < -0.39 is 5.60 Å². The van der Waals surface area contributed by atoms with Crippen molar-refractivity contribution in [2.24, 2.45) is 0 Å². The molecule has 2 aliphatic carbocycles. The Morgan fingerprint density at radius 2 is 2.06 bits per heavy atom. The van der Waals surface area contributed by atoms with Crippen molar-refractivity contribution in [3.05, 3.63) is 28.8 Å². The third kappa shape index (κ3) is 1.80. The summed E-state index contributed by atoms with van der Waals surface area (Å²) in [5.74, 6) is 0.749. The summed E-state index contributed by atoms with van der Waals surface area (Å²) in [7, 11) is 0. The van der Waals surface area contributed by atoms with E-state index in [4.69, 9.17) is 16.3 Å². The lowest BCUT2D eigenvalue weighted by atomic mass is 9.96. The monoisotopic (exact) mass is 238 g/mol. The number of ether oxygens (including phenoxy) is 1. The zero-order chi connectivity index (χ0) is 11.2. The van der Waals surface area contributed by atoms with E-state index in [-0.39, 0.29) is 0 Å². The molecule has 0 unspecified atom stereocenters. The maximum absolute atomic E-state index is 9.96. The summed E-state index contributed by atoms with van der Waals surface area (Å²) in [6, 6.07) is 5.64. The van der Waals surface area contributed by atoms with Crippen LogP contribution < -0.4 is 4.74 Å². The summed E-state index contributed by atoms with van der Waals surface area (Å²) in [4.78, 5) is 0. The quantitative estimate of drug-likeness (QED) is 0.876. The Kier molecular flexibility index (Phi) is 2.37. The fourth-order valence-electron chi connectivity index (χ4n) is 1.96. The van der Waals surface area contributed by atoms with Gasteiger partial charge in [-0.3, -0.25) is 0 Å². The van der Waals surface area contributed by atoms with Crippen molar-refractivity contribution in [2.45, 2.75) is 43.8 Å². The first-order valence-electron chi connectivity index (χ1n) is 5.86. The third-order valence-corrected chi connectivity index (χ3v) is 3.83. The summed E-state index contributed by atoms with van der Waals surface area (Å²) >= 11 is 6.15. The van der Waals surface area contributed by atoms with Crippen LogP contribution in [0.2, 0.25) is 5.02 Å². The molecule has 2 aliphatic rings. The van der Waals surface area contributed by atoms with Gasteiger partial charge in [0.15, 0.2) is 0 Å². The van der Waals surface area contributed by atoms with Crippen molar-refractivity contribution in [1.29, 1.82) is 0 Å². The maximum atomic E-state index is 9.96. The lowest BCUT2D eigenvalue weighted by Crippen LogP contribution is -2.24. The predicted octanol–water partition coefficient (Wildman–Crippen LogP) is 3.25. The number of hydrogen-bond acceptors (Lipinski definition) is 2. The van der Waals surface area contributed by atoms with Gasteiger partial charge in [-0.1, -0.05) is 17.7 Å². The second-order valence-electron chi connectivity index (χ2n) is 4.85. The lowest BCUT2D eigenvalue weighted by Gasteiger charge is -2.27. The van der Waals surface area contributed by atoms with E-state index in [1.807, 2.05) is 18.2 Å². The predicted molar refractivity (Wildman–Crippen MR) is 62.8 cm³/mol. The number of halogens is 1. The zero-order valence-corrected chi connectivity index (χ0v) is 9.83. The van der Waals surface area contributed by atoms with Gasteiger partial charge in [0.1, 0.15) is 5.75 Å². The Morgan fingerprint density at radius 3 is 2.56 bits per heavy atom. The summed E-state index contributed by atoms with van der Waals surface area (Å²) in [6.07, 6.45) is 5.52. The van der Waals surface area contributed by atoms with Crippen LogP contribution >= 0.6 is 11.6 Å². The molecule has 0 spiro atoms. The van der Waals surface area contributed by atoms with E-state index >= 15 is 0 Å². The molecule has 1 aromatic carbocycles. The standard InChI is InChI=1S/C13H15ClO2/c14-11-8-9(13(15)6-7-13)4-5-12(11)16-10-2-1-3-10/h4-5,8,10,15H,1-3,6-7H2. The summed E-state index contributed by atoms with van der Waals surface area (Å²) in [6.45, 7) is 0. The molecule has 0 atom stereocenters. The number of benzene rings is 1. The molecule has 3 rings (SSSR count). The van der Waals surface area contributed by atoms with Gasteiger partial charge in [0, 0.05) is 0 Å². The van der Waals surface area contributed by atoms with E-state index in [1.54, 1.807) is 0 Å². The van der Waals surface area contributed by atoms with Crippen LogP contribution in [0.3, 0.4) is 0 Å². The van der Waals surface area contributed by atoms with E-state index in [0.717, 1.165) is 37.0 Å². The van der Waals surface area contributed by atoms with E-state index in [9.17, 15) is 5.11 Å². The first kappa shape index (κ1) is 10.4. The van der Waals surface area contributed by atoms with Gasteiger partial charge >= 0.3 is 0 Å². The SMILES string of the molecule is OC1(c2ccc(OC3CCC3)c(Cl)c2)CC1. The largest absolute Gasteiger partial charge is 0.489 e. The van der Waals surface area contributed by atoms with E-state index in [1.165, 1.54) is 6.42 Å². The normalized spacial score (nSPS) is 22.6. The Labute approximate surface area is 100 Å². The second kappa shape index (κ2) is 3.64. The molecule has 0 aliphatic heterocycles. The molecule has 0 aromatic heterocycles. The van der Waals surface area contributed by atoms with Crippen LogP contribution in [0.15, 0.2) is 18.2 Å². The molecule has 0 heterocycles. The molecule has 0 amide bonds. The van der Waals surface area contributed by atoms with Gasteiger partial charge in [-0.15, -0.1) is 0 Å². The van der Waals surface area contributed by atoms with E-state index in [2.05, 4.69) is 0 Å². The van der Waals surface area contributed by atoms with Crippen LogP contribution in [-0.2, 0) is 5.60 Å². The van der Waals surface area contributed by atoms with E-state index in [0.29, 0.717) is 11.1 Å². The molecular formula is C13H15ClO2. The van der Waals surface area contributed by atoms with Crippen LogP contribution in [0.1, 0.15) is 37.7 Å². The van der Waals surface area contributed by atoms with Crippen LogP contribution in [0.5, 0.6) is 5.75 Å². The minimum atomic E-state index is -0.612. The van der Waals surface area contributed by atoms with Crippen LogP contribution in [0.25, 0.3) is 0 Å². The Hall–Kier alpha value is -0.730. The van der Waals surface area contributed by atoms with Crippen LogP contribution in [-0.4, -0.2) is 11.2 Å². The van der Waals surface area contributed by atoms with Crippen molar-refractivity contribution in [3.63, 3.8) is 0 Å². The highest BCUT2D eigenvalue weighted by molar-refractivity contribution is 6.32. The van der Waals surface area contributed by atoms with Gasteiger partial charge in [-0.05, 0) is 49.8 Å². The second-order valence-corrected chi connectivity index (χ2v) is 5.25. The lowest BCUT2D eigenvalue weighted by molar-refractivity contribution is 0.120. The molecule has 0 radical (unpaired) electrons. The highest BCUT2D eigenvalue weighted by Crippen LogP contribution is 2.46.